The molecule has 0 bridgehead atoms. The molecule has 21 heavy (non-hydrogen) atoms. The Morgan fingerprint density at radius 1 is 1.38 bits per heavy atom. The highest BCUT2D eigenvalue weighted by Crippen LogP contribution is 2.30. The van der Waals surface area contributed by atoms with Crippen molar-refractivity contribution in [2.24, 2.45) is 0 Å². The highest BCUT2D eigenvalue weighted by molar-refractivity contribution is 7.89. The fourth-order valence-corrected chi connectivity index (χ4v) is 4.98. The molecule has 1 aromatic rings. The van der Waals surface area contributed by atoms with Crippen LogP contribution in [0.4, 0.5) is 0 Å². The molecule has 0 amide bonds. The summed E-state index contributed by atoms with van der Waals surface area (Å²) < 4.78 is 32.5. The van der Waals surface area contributed by atoms with Crippen LogP contribution in [0.1, 0.15) is 29.9 Å². The SMILES string of the molecule is Cc1oc(C)c(S(=O)(=O)N(C)CC2CCCN2C)c1CCl. The Morgan fingerprint density at radius 3 is 2.57 bits per heavy atom. The second-order valence-corrected chi connectivity index (χ2v) is 7.97. The minimum Gasteiger partial charge on any atom is -0.465 e. The maximum Gasteiger partial charge on any atom is 0.246 e. The Hall–Kier alpha value is -0.560. The Kier molecular flexibility index (Phi) is 5.03. The maximum atomic E-state index is 12.8. The van der Waals surface area contributed by atoms with Crippen LogP contribution in [-0.2, 0) is 15.9 Å². The molecule has 2 rings (SSSR count). The van der Waals surface area contributed by atoms with Crippen molar-refractivity contribution in [3.63, 3.8) is 0 Å². The third-order valence-corrected chi connectivity index (χ3v) is 6.55. The van der Waals surface area contributed by atoms with Crippen molar-refractivity contribution in [3.8, 4) is 0 Å². The number of halogens is 1. The van der Waals surface area contributed by atoms with Crippen LogP contribution in [-0.4, -0.2) is 50.8 Å². The topological polar surface area (TPSA) is 53.8 Å². The van der Waals surface area contributed by atoms with E-state index < -0.39 is 10.0 Å². The lowest BCUT2D eigenvalue weighted by Gasteiger charge is -2.25. The lowest BCUT2D eigenvalue weighted by atomic mass is 10.2. The molecule has 1 unspecified atom stereocenters. The number of hydrogen-bond donors (Lipinski definition) is 0. The van der Waals surface area contributed by atoms with Crippen LogP contribution in [0.25, 0.3) is 0 Å². The number of rotatable bonds is 5. The molecule has 1 aliphatic rings. The molecule has 0 aliphatic carbocycles. The van der Waals surface area contributed by atoms with Gasteiger partial charge in [0.1, 0.15) is 16.4 Å². The van der Waals surface area contributed by atoms with E-state index in [0.29, 0.717) is 23.6 Å². The molecule has 0 radical (unpaired) electrons. The van der Waals surface area contributed by atoms with Gasteiger partial charge >= 0.3 is 0 Å². The van der Waals surface area contributed by atoms with E-state index in [2.05, 4.69) is 4.90 Å². The first-order valence-corrected chi connectivity index (χ1v) is 9.08. The Bertz CT molecular complexity index is 612. The molecular formula is C14H23ClN2O3S. The average Bonchev–Trinajstić information content (AvgIpc) is 2.92. The zero-order chi connectivity index (χ0) is 15.8. The van der Waals surface area contributed by atoms with Gasteiger partial charge in [0.2, 0.25) is 10.0 Å². The van der Waals surface area contributed by atoms with E-state index in [1.165, 1.54) is 4.31 Å². The van der Waals surface area contributed by atoms with E-state index in [1.54, 1.807) is 20.9 Å². The van der Waals surface area contributed by atoms with Crippen LogP contribution >= 0.6 is 11.6 Å². The van der Waals surface area contributed by atoms with Gasteiger partial charge in [0.05, 0.1) is 5.88 Å². The fraction of sp³-hybridized carbons (Fsp3) is 0.714. The molecule has 0 saturated carbocycles. The predicted octanol–water partition coefficient (Wildman–Crippen LogP) is 2.35. The molecule has 1 aliphatic heterocycles. The summed E-state index contributed by atoms with van der Waals surface area (Å²) >= 11 is 5.90. The van der Waals surface area contributed by atoms with E-state index >= 15 is 0 Å². The average molecular weight is 335 g/mol. The molecule has 120 valence electrons. The predicted molar refractivity (Wildman–Crippen MR) is 83.2 cm³/mol. The number of furan rings is 1. The van der Waals surface area contributed by atoms with Crippen molar-refractivity contribution in [1.82, 2.24) is 9.21 Å². The van der Waals surface area contributed by atoms with Crippen LogP contribution in [0.2, 0.25) is 0 Å². The molecule has 1 atom stereocenters. The van der Waals surface area contributed by atoms with Crippen molar-refractivity contribution in [1.29, 1.82) is 0 Å². The highest BCUT2D eigenvalue weighted by atomic mass is 35.5. The summed E-state index contributed by atoms with van der Waals surface area (Å²) in [7, 11) is 0.0895. The van der Waals surface area contributed by atoms with E-state index in [1.807, 2.05) is 7.05 Å². The van der Waals surface area contributed by atoms with Crippen LogP contribution in [0, 0.1) is 13.8 Å². The Labute approximate surface area is 131 Å². The molecule has 1 fully saturated rings. The van der Waals surface area contributed by atoms with Gasteiger partial charge in [-0.05, 0) is 40.3 Å². The second kappa shape index (κ2) is 6.28. The van der Waals surface area contributed by atoms with Crippen molar-refractivity contribution in [3.05, 3.63) is 17.1 Å². The number of aryl methyl sites for hydroxylation is 2. The zero-order valence-corrected chi connectivity index (χ0v) is 14.6. The third-order valence-electron chi connectivity index (χ3n) is 4.27. The minimum absolute atomic E-state index is 0.134. The molecule has 0 N–H and O–H groups in total. The van der Waals surface area contributed by atoms with Gasteiger partial charge in [-0.3, -0.25) is 0 Å². The highest BCUT2D eigenvalue weighted by Gasteiger charge is 2.33. The molecule has 1 saturated heterocycles. The van der Waals surface area contributed by atoms with E-state index in [4.69, 9.17) is 16.0 Å². The van der Waals surface area contributed by atoms with Crippen molar-refractivity contribution in [2.75, 3.05) is 27.2 Å². The number of alkyl halides is 1. The van der Waals surface area contributed by atoms with Gasteiger partial charge in [-0.2, -0.15) is 4.31 Å². The first kappa shape index (κ1) is 16.8. The van der Waals surface area contributed by atoms with Gasteiger partial charge in [0.15, 0.2) is 0 Å². The fourth-order valence-electron chi connectivity index (χ4n) is 2.96. The van der Waals surface area contributed by atoms with Crippen LogP contribution < -0.4 is 0 Å². The van der Waals surface area contributed by atoms with E-state index in [0.717, 1.165) is 19.4 Å². The van der Waals surface area contributed by atoms with E-state index in [9.17, 15) is 8.42 Å². The first-order chi connectivity index (χ1) is 9.78. The summed E-state index contributed by atoms with van der Waals surface area (Å²) in [6.45, 7) is 4.93. The molecule has 0 aromatic carbocycles. The van der Waals surface area contributed by atoms with Crippen LogP contribution in [0.15, 0.2) is 9.31 Å². The Balaban J connectivity index is 2.29. The molecule has 2 heterocycles. The summed E-state index contributed by atoms with van der Waals surface area (Å²) in [6, 6.07) is 0.275. The maximum absolute atomic E-state index is 12.8. The van der Waals surface area contributed by atoms with Crippen molar-refractivity contribution in [2.45, 2.75) is 43.5 Å². The third kappa shape index (κ3) is 3.13. The first-order valence-electron chi connectivity index (χ1n) is 7.10. The normalized spacial score (nSPS) is 20.6. The van der Waals surface area contributed by atoms with Gasteiger partial charge < -0.3 is 9.32 Å². The number of hydrogen-bond acceptors (Lipinski definition) is 4. The van der Waals surface area contributed by atoms with Gasteiger partial charge in [-0.15, -0.1) is 11.6 Å². The number of likely N-dealkylation sites (tertiary alicyclic amines) is 1. The van der Waals surface area contributed by atoms with Crippen molar-refractivity contribution >= 4 is 21.6 Å². The van der Waals surface area contributed by atoms with Gasteiger partial charge in [0, 0.05) is 25.2 Å². The summed E-state index contributed by atoms with van der Waals surface area (Å²) in [4.78, 5) is 2.44. The van der Waals surface area contributed by atoms with Gasteiger partial charge in [-0.25, -0.2) is 8.42 Å². The lowest BCUT2D eigenvalue weighted by molar-refractivity contribution is 0.271. The van der Waals surface area contributed by atoms with Crippen LogP contribution in [0.5, 0.6) is 0 Å². The lowest BCUT2D eigenvalue weighted by Crippen LogP contribution is -2.39. The molecule has 7 heteroatoms. The van der Waals surface area contributed by atoms with Crippen molar-refractivity contribution < 1.29 is 12.8 Å². The molecular weight excluding hydrogens is 312 g/mol. The zero-order valence-electron chi connectivity index (χ0n) is 13.0. The second-order valence-electron chi connectivity index (χ2n) is 5.72. The quantitative estimate of drug-likeness (QED) is 0.776. The molecule has 5 nitrogen and oxygen atoms in total. The smallest absolute Gasteiger partial charge is 0.246 e. The van der Waals surface area contributed by atoms with Crippen LogP contribution in [0.3, 0.4) is 0 Å². The number of likely N-dealkylation sites (N-methyl/N-ethyl adjacent to an activating group) is 2. The molecule has 0 spiro atoms. The number of sulfonamides is 1. The minimum atomic E-state index is -3.57. The standard InChI is InChI=1S/C14H23ClN2O3S/c1-10-13(8-15)14(11(2)20-10)21(18,19)17(4)9-12-6-5-7-16(12)3/h12H,5-9H2,1-4H3. The van der Waals surface area contributed by atoms with Gasteiger partial charge in [-0.1, -0.05) is 0 Å². The summed E-state index contributed by atoms with van der Waals surface area (Å²) in [5.41, 5.74) is 0.570. The monoisotopic (exact) mass is 334 g/mol. The van der Waals surface area contributed by atoms with E-state index in [-0.39, 0.29) is 16.8 Å². The Morgan fingerprint density at radius 2 is 2.05 bits per heavy atom. The summed E-state index contributed by atoms with van der Waals surface area (Å²) in [5.74, 6) is 1.12. The largest absolute Gasteiger partial charge is 0.465 e. The summed E-state index contributed by atoms with van der Waals surface area (Å²) in [5, 5.41) is 0. The molecule has 1 aromatic heterocycles. The summed E-state index contributed by atoms with van der Waals surface area (Å²) in [6.07, 6.45) is 2.15. The van der Waals surface area contributed by atoms with Gasteiger partial charge in [0.25, 0.3) is 0 Å². The number of nitrogens with zero attached hydrogens (tertiary/aromatic N) is 2.